The molecule has 5 nitrogen and oxygen atoms in total. The summed E-state index contributed by atoms with van der Waals surface area (Å²) in [7, 11) is 0. The van der Waals surface area contributed by atoms with Crippen LogP contribution in [-0.2, 0) is 15.3 Å². The lowest BCUT2D eigenvalue weighted by molar-refractivity contribution is -0.142. The lowest BCUT2D eigenvalue weighted by atomic mass is 10.2. The Morgan fingerprint density at radius 2 is 1.90 bits per heavy atom. The summed E-state index contributed by atoms with van der Waals surface area (Å²) in [6.07, 6.45) is 0.560. The highest BCUT2D eigenvalue weighted by molar-refractivity contribution is 7.99. The predicted octanol–water partition coefficient (Wildman–Crippen LogP) is 2.64. The van der Waals surface area contributed by atoms with Gasteiger partial charge in [0.25, 0.3) is 0 Å². The first kappa shape index (κ1) is 16.4. The summed E-state index contributed by atoms with van der Waals surface area (Å²) in [4.78, 5) is 21.5. The average Bonchev–Trinajstić information content (AvgIpc) is 2.41. The highest BCUT2D eigenvalue weighted by Gasteiger charge is 2.21. The summed E-state index contributed by atoms with van der Waals surface area (Å²) in [6, 6.07) is 7.38. The number of thioether (sulfide) groups is 1. The molecule has 1 aromatic carbocycles. The molecule has 0 fully saturated rings. The normalized spacial score (nSPS) is 11.8. The maximum Gasteiger partial charge on any atom is 0.317 e. The second-order valence-electron chi connectivity index (χ2n) is 4.23. The zero-order valence-electron chi connectivity index (χ0n) is 11.2. The van der Waals surface area contributed by atoms with E-state index < -0.39 is 17.2 Å². The van der Waals surface area contributed by atoms with Gasteiger partial charge in [-0.1, -0.05) is 19.1 Å². The van der Waals surface area contributed by atoms with Crippen LogP contribution in [0.4, 0.5) is 0 Å². The Labute approximate surface area is 121 Å². The van der Waals surface area contributed by atoms with Crippen molar-refractivity contribution in [1.29, 1.82) is 0 Å². The van der Waals surface area contributed by atoms with E-state index in [4.69, 9.17) is 14.9 Å². The Kier molecular flexibility index (Phi) is 6.93. The molecular weight excluding hydrogens is 280 g/mol. The Hall–Kier alpha value is -1.69. The number of carboxylic acids is 2. The third-order valence-corrected chi connectivity index (χ3v) is 3.75. The monoisotopic (exact) mass is 298 g/mol. The van der Waals surface area contributed by atoms with Crippen LogP contribution in [0.25, 0.3) is 0 Å². The summed E-state index contributed by atoms with van der Waals surface area (Å²) in [5, 5.41) is 16.7. The molecule has 0 unspecified atom stereocenters. The molecule has 0 bridgehead atoms. The molecule has 0 heterocycles. The standard InChI is InChI=1S/C14H18O5S/c1-2-7-19-11-5-3-10(4-6-11)9-20-12(14(17)18)8-13(15)16/h3-6,12H,2,7-9H2,1H3,(H,15,16)(H,17,18)/t12-/m0/s1. The molecule has 0 spiro atoms. The van der Waals surface area contributed by atoms with Gasteiger partial charge in [0, 0.05) is 5.75 Å². The molecule has 110 valence electrons. The molecule has 0 aliphatic carbocycles. The van der Waals surface area contributed by atoms with Crippen LogP contribution in [-0.4, -0.2) is 34.0 Å². The van der Waals surface area contributed by atoms with E-state index in [9.17, 15) is 9.59 Å². The lowest BCUT2D eigenvalue weighted by Crippen LogP contribution is -2.20. The Morgan fingerprint density at radius 3 is 2.40 bits per heavy atom. The highest BCUT2D eigenvalue weighted by atomic mass is 32.2. The van der Waals surface area contributed by atoms with E-state index in [-0.39, 0.29) is 6.42 Å². The number of rotatable bonds is 9. The molecule has 0 saturated carbocycles. The van der Waals surface area contributed by atoms with E-state index in [1.807, 2.05) is 31.2 Å². The molecular formula is C14H18O5S. The number of ether oxygens (including phenoxy) is 1. The minimum Gasteiger partial charge on any atom is -0.494 e. The first-order valence-corrected chi connectivity index (χ1v) is 7.35. The van der Waals surface area contributed by atoms with Crippen molar-refractivity contribution in [3.8, 4) is 5.75 Å². The van der Waals surface area contributed by atoms with Gasteiger partial charge in [-0.05, 0) is 24.1 Å². The summed E-state index contributed by atoms with van der Waals surface area (Å²) in [5.74, 6) is -0.965. The smallest absolute Gasteiger partial charge is 0.317 e. The van der Waals surface area contributed by atoms with Crippen molar-refractivity contribution in [1.82, 2.24) is 0 Å². The quantitative estimate of drug-likeness (QED) is 0.729. The third-order valence-electron chi connectivity index (χ3n) is 2.48. The second-order valence-corrected chi connectivity index (χ2v) is 5.42. The van der Waals surface area contributed by atoms with E-state index in [1.54, 1.807) is 0 Å². The van der Waals surface area contributed by atoms with Crippen LogP contribution in [0.15, 0.2) is 24.3 Å². The number of carbonyl (C=O) groups is 2. The van der Waals surface area contributed by atoms with Gasteiger partial charge in [0.1, 0.15) is 11.0 Å². The molecule has 6 heteroatoms. The molecule has 1 rings (SSSR count). The van der Waals surface area contributed by atoms with E-state index in [0.29, 0.717) is 12.4 Å². The van der Waals surface area contributed by atoms with E-state index in [0.717, 1.165) is 29.5 Å². The third kappa shape index (κ3) is 5.97. The zero-order chi connectivity index (χ0) is 15.0. The van der Waals surface area contributed by atoms with Crippen molar-refractivity contribution in [3.05, 3.63) is 29.8 Å². The van der Waals surface area contributed by atoms with Crippen molar-refractivity contribution < 1.29 is 24.5 Å². The van der Waals surface area contributed by atoms with Gasteiger partial charge < -0.3 is 14.9 Å². The van der Waals surface area contributed by atoms with Gasteiger partial charge in [0.15, 0.2) is 0 Å². The first-order valence-electron chi connectivity index (χ1n) is 6.31. The SMILES string of the molecule is CCCOc1ccc(CS[C@@H](CC(=O)O)C(=O)O)cc1. The van der Waals surface area contributed by atoms with Crippen molar-refractivity contribution in [2.45, 2.75) is 30.8 Å². The van der Waals surface area contributed by atoms with Gasteiger partial charge in [-0.3, -0.25) is 9.59 Å². The van der Waals surface area contributed by atoms with Crippen LogP contribution in [0.3, 0.4) is 0 Å². The van der Waals surface area contributed by atoms with Crippen molar-refractivity contribution in [3.63, 3.8) is 0 Å². The topological polar surface area (TPSA) is 83.8 Å². The molecule has 0 aliphatic heterocycles. The summed E-state index contributed by atoms with van der Waals surface area (Å²) < 4.78 is 5.45. The first-order chi connectivity index (χ1) is 9.52. The van der Waals surface area contributed by atoms with E-state index in [2.05, 4.69) is 0 Å². The second kappa shape index (κ2) is 8.47. The summed E-state index contributed by atoms with van der Waals surface area (Å²) >= 11 is 1.11. The molecule has 0 radical (unpaired) electrons. The van der Waals surface area contributed by atoms with Gasteiger partial charge in [-0.15, -0.1) is 11.8 Å². The van der Waals surface area contributed by atoms with Crippen LogP contribution in [0, 0.1) is 0 Å². The molecule has 1 aromatic rings. The summed E-state index contributed by atoms with van der Waals surface area (Å²) in [5.41, 5.74) is 0.940. The molecule has 0 aliphatic rings. The number of hydrogen-bond acceptors (Lipinski definition) is 4. The largest absolute Gasteiger partial charge is 0.494 e. The molecule has 0 amide bonds. The van der Waals surface area contributed by atoms with Crippen molar-refractivity contribution in [2.75, 3.05) is 6.61 Å². The van der Waals surface area contributed by atoms with Gasteiger partial charge in [0.05, 0.1) is 13.0 Å². The van der Waals surface area contributed by atoms with Crippen LogP contribution >= 0.6 is 11.8 Å². The minimum atomic E-state index is -1.10. The molecule has 0 aromatic heterocycles. The number of benzene rings is 1. The van der Waals surface area contributed by atoms with Gasteiger partial charge in [-0.25, -0.2) is 0 Å². The Bertz CT molecular complexity index is 443. The number of hydrogen-bond donors (Lipinski definition) is 2. The number of aliphatic carboxylic acids is 2. The van der Waals surface area contributed by atoms with Crippen LogP contribution in [0.1, 0.15) is 25.3 Å². The van der Waals surface area contributed by atoms with Gasteiger partial charge in [-0.2, -0.15) is 0 Å². The molecule has 0 saturated heterocycles. The fourth-order valence-corrected chi connectivity index (χ4v) is 2.46. The Morgan fingerprint density at radius 1 is 1.25 bits per heavy atom. The highest BCUT2D eigenvalue weighted by Crippen LogP contribution is 2.22. The van der Waals surface area contributed by atoms with Gasteiger partial charge in [0.2, 0.25) is 0 Å². The van der Waals surface area contributed by atoms with E-state index >= 15 is 0 Å². The van der Waals surface area contributed by atoms with Crippen molar-refractivity contribution >= 4 is 23.7 Å². The molecule has 2 N–H and O–H groups in total. The Balaban J connectivity index is 2.51. The average molecular weight is 298 g/mol. The minimum absolute atomic E-state index is 0.377. The summed E-state index contributed by atoms with van der Waals surface area (Å²) in [6.45, 7) is 2.69. The van der Waals surface area contributed by atoms with Crippen molar-refractivity contribution in [2.24, 2.45) is 0 Å². The van der Waals surface area contributed by atoms with E-state index in [1.165, 1.54) is 0 Å². The maximum atomic E-state index is 10.9. The fourth-order valence-electron chi connectivity index (χ4n) is 1.47. The molecule has 20 heavy (non-hydrogen) atoms. The zero-order valence-corrected chi connectivity index (χ0v) is 12.1. The van der Waals surface area contributed by atoms with Crippen LogP contribution in [0.2, 0.25) is 0 Å². The lowest BCUT2D eigenvalue weighted by Gasteiger charge is -2.10. The van der Waals surface area contributed by atoms with Gasteiger partial charge >= 0.3 is 11.9 Å². The number of carboxylic acid groups (broad SMARTS) is 2. The predicted molar refractivity (Wildman–Crippen MR) is 77.2 cm³/mol. The molecule has 1 atom stereocenters. The maximum absolute atomic E-state index is 10.9. The fraction of sp³-hybridized carbons (Fsp3) is 0.429. The van der Waals surface area contributed by atoms with Crippen LogP contribution in [0.5, 0.6) is 5.75 Å². The van der Waals surface area contributed by atoms with Crippen LogP contribution < -0.4 is 4.74 Å².